The topological polar surface area (TPSA) is 25.3 Å². The van der Waals surface area contributed by atoms with E-state index in [9.17, 15) is 5.53 Å². The number of aryl methyl sites for hydroxylation is 2. The molecule has 0 radical (unpaired) electrons. The van der Waals surface area contributed by atoms with Crippen LogP contribution in [0.15, 0.2) is 59.7 Å². The first-order valence-electron chi connectivity index (χ1n) is 14.7. The fourth-order valence-corrected chi connectivity index (χ4v) is 5.51. The van der Waals surface area contributed by atoms with E-state index >= 15 is 0 Å². The van der Waals surface area contributed by atoms with Crippen LogP contribution in [0.5, 0.6) is 0 Å². The molecule has 2 heteroatoms. The Morgan fingerprint density at radius 1 is 0.556 bits per heavy atom. The Morgan fingerprint density at radius 2 is 0.972 bits per heavy atom. The van der Waals surface area contributed by atoms with Gasteiger partial charge >= 0.3 is 0 Å². The summed E-state index contributed by atoms with van der Waals surface area (Å²) in [7, 11) is 0. The monoisotopic (exact) mass is 484 g/mol. The van der Waals surface area contributed by atoms with E-state index < -0.39 is 0 Å². The van der Waals surface area contributed by atoms with Crippen LogP contribution >= 0.6 is 0 Å². The summed E-state index contributed by atoms with van der Waals surface area (Å²) in [6.07, 6.45) is 17.8. The normalized spacial score (nSPS) is 13.8. The molecule has 1 aliphatic rings. The van der Waals surface area contributed by atoms with Crippen molar-refractivity contribution in [3.8, 4) is 0 Å². The largest absolute Gasteiger partial charge is 0.493 e. The molecule has 194 valence electrons. The van der Waals surface area contributed by atoms with E-state index in [0.717, 1.165) is 48.2 Å². The minimum Gasteiger partial charge on any atom is -0.493 e. The van der Waals surface area contributed by atoms with Crippen molar-refractivity contribution >= 4 is 11.4 Å². The van der Waals surface area contributed by atoms with Crippen molar-refractivity contribution in [2.75, 3.05) is 0 Å². The second-order valence-corrected chi connectivity index (χ2v) is 10.7. The molecule has 1 aliphatic heterocycles. The van der Waals surface area contributed by atoms with Crippen molar-refractivity contribution in [3.63, 3.8) is 0 Å². The van der Waals surface area contributed by atoms with Gasteiger partial charge in [0.2, 0.25) is 11.4 Å². The SMILES string of the molecule is CCCCCCCCCCCCC1=C(c2cccc(C)c2)[N+](=[N-])C(c2cccc(C)c2)=C1CCCC. The molecule has 0 bridgehead atoms. The lowest BCUT2D eigenvalue weighted by Crippen LogP contribution is -2.03. The Labute approximate surface area is 221 Å². The van der Waals surface area contributed by atoms with Gasteiger partial charge in [0.05, 0.1) is 0 Å². The van der Waals surface area contributed by atoms with Crippen molar-refractivity contribution in [1.82, 2.24) is 0 Å². The van der Waals surface area contributed by atoms with Gasteiger partial charge in [0, 0.05) is 22.3 Å². The summed E-state index contributed by atoms with van der Waals surface area (Å²) >= 11 is 0. The summed E-state index contributed by atoms with van der Waals surface area (Å²) < 4.78 is 1.51. The molecule has 36 heavy (non-hydrogen) atoms. The van der Waals surface area contributed by atoms with Crippen LogP contribution < -0.4 is 0 Å². The molecule has 0 spiro atoms. The van der Waals surface area contributed by atoms with Crippen LogP contribution in [0.2, 0.25) is 0 Å². The van der Waals surface area contributed by atoms with Crippen LogP contribution in [0.3, 0.4) is 0 Å². The van der Waals surface area contributed by atoms with Crippen LogP contribution in [0.4, 0.5) is 0 Å². The Kier molecular flexibility index (Phi) is 11.7. The molecule has 0 aliphatic carbocycles. The van der Waals surface area contributed by atoms with Crippen molar-refractivity contribution in [1.29, 1.82) is 0 Å². The van der Waals surface area contributed by atoms with Crippen LogP contribution in [0, 0.1) is 13.8 Å². The molecule has 2 nitrogen and oxygen atoms in total. The molecule has 0 saturated heterocycles. The van der Waals surface area contributed by atoms with Crippen LogP contribution in [0.1, 0.15) is 126 Å². The standard InChI is InChI=1S/C34H48N2/c1-5-7-9-10-11-12-13-14-15-16-24-32-31(23-8-6-2)33(29-21-17-19-27(3)25-29)36(35)34(32)30-22-18-20-28(4)26-30/h17-22,25-26H,5-16,23-24H2,1-4H3. The lowest BCUT2D eigenvalue weighted by Gasteiger charge is -2.10. The lowest BCUT2D eigenvalue weighted by molar-refractivity contribution is -0.345. The highest BCUT2D eigenvalue weighted by atomic mass is 15.2. The second kappa shape index (κ2) is 14.9. The predicted molar refractivity (Wildman–Crippen MR) is 156 cm³/mol. The fourth-order valence-electron chi connectivity index (χ4n) is 5.51. The summed E-state index contributed by atoms with van der Waals surface area (Å²) in [5.41, 5.74) is 21.0. The van der Waals surface area contributed by atoms with Gasteiger partial charge in [0.25, 0.3) is 0 Å². The van der Waals surface area contributed by atoms with Gasteiger partial charge in [-0.2, -0.15) is 0 Å². The first kappa shape index (κ1) is 28.1. The highest BCUT2D eigenvalue weighted by Crippen LogP contribution is 2.44. The molecule has 0 atom stereocenters. The first-order valence-corrected chi connectivity index (χ1v) is 14.7. The van der Waals surface area contributed by atoms with E-state index in [0.29, 0.717) is 0 Å². The van der Waals surface area contributed by atoms with E-state index in [1.165, 1.54) is 91.2 Å². The maximum atomic E-state index is 11.7. The predicted octanol–water partition coefficient (Wildman–Crippen LogP) is 11.0. The van der Waals surface area contributed by atoms with E-state index in [1.54, 1.807) is 0 Å². The van der Waals surface area contributed by atoms with Crippen LogP contribution in [-0.2, 0) is 0 Å². The maximum Gasteiger partial charge on any atom is 0.211 e. The van der Waals surface area contributed by atoms with Gasteiger partial charge in [-0.15, -0.1) is 0 Å². The number of allylic oxidation sites excluding steroid dienone is 2. The first-order chi connectivity index (χ1) is 17.6. The zero-order valence-electron chi connectivity index (χ0n) is 23.4. The van der Waals surface area contributed by atoms with Crippen molar-refractivity contribution in [2.45, 2.75) is 118 Å². The van der Waals surface area contributed by atoms with Gasteiger partial charge in [-0.1, -0.05) is 113 Å². The Balaban J connectivity index is 1.80. The average Bonchev–Trinajstić information content (AvgIpc) is 3.14. The number of benzene rings is 2. The molecular formula is C34H48N2. The third-order valence-electron chi connectivity index (χ3n) is 7.50. The van der Waals surface area contributed by atoms with Crippen LogP contribution in [0.25, 0.3) is 16.9 Å². The zero-order chi connectivity index (χ0) is 25.8. The summed E-state index contributed by atoms with van der Waals surface area (Å²) in [5, 5.41) is 0. The number of unbranched alkanes of at least 4 members (excludes halogenated alkanes) is 10. The molecule has 0 aromatic heterocycles. The quantitative estimate of drug-likeness (QED) is 0.167. The lowest BCUT2D eigenvalue weighted by atomic mass is 9.91. The number of hydrogen-bond donors (Lipinski definition) is 0. The molecule has 0 N–H and O–H groups in total. The van der Waals surface area contributed by atoms with Gasteiger partial charge in [0.1, 0.15) is 0 Å². The Bertz CT molecular complexity index is 1060. The van der Waals surface area contributed by atoms with Gasteiger partial charge in [-0.05, 0) is 63.8 Å². The van der Waals surface area contributed by atoms with E-state index in [4.69, 9.17) is 0 Å². The molecular weight excluding hydrogens is 436 g/mol. The van der Waals surface area contributed by atoms with Crippen LogP contribution in [-0.4, -0.2) is 4.70 Å². The van der Waals surface area contributed by atoms with Crippen molar-refractivity contribution in [3.05, 3.63) is 87.5 Å². The van der Waals surface area contributed by atoms with Gasteiger partial charge in [0.15, 0.2) is 0 Å². The highest BCUT2D eigenvalue weighted by molar-refractivity contribution is 5.82. The molecule has 1 heterocycles. The second-order valence-electron chi connectivity index (χ2n) is 10.7. The maximum absolute atomic E-state index is 11.7. The van der Waals surface area contributed by atoms with Gasteiger partial charge in [-0.3, -0.25) is 0 Å². The summed E-state index contributed by atoms with van der Waals surface area (Å²) in [4.78, 5) is 0. The van der Waals surface area contributed by atoms with E-state index in [1.807, 2.05) is 0 Å². The zero-order valence-corrected chi connectivity index (χ0v) is 23.4. The average molecular weight is 485 g/mol. The molecule has 0 saturated carbocycles. The van der Waals surface area contributed by atoms with Gasteiger partial charge < -0.3 is 5.53 Å². The summed E-state index contributed by atoms with van der Waals surface area (Å²) in [5.74, 6) is 0. The number of nitrogens with zero attached hydrogens (tertiary/aromatic N) is 2. The van der Waals surface area contributed by atoms with Crippen molar-refractivity contribution < 1.29 is 4.70 Å². The highest BCUT2D eigenvalue weighted by Gasteiger charge is 2.35. The Morgan fingerprint density at radius 3 is 1.42 bits per heavy atom. The van der Waals surface area contributed by atoms with E-state index in [2.05, 4.69) is 76.2 Å². The molecule has 0 unspecified atom stereocenters. The molecule has 2 aromatic rings. The third-order valence-corrected chi connectivity index (χ3v) is 7.50. The van der Waals surface area contributed by atoms with E-state index in [-0.39, 0.29) is 0 Å². The minimum absolute atomic E-state index is 0.991. The summed E-state index contributed by atoms with van der Waals surface area (Å²) in [6.45, 7) is 8.81. The third kappa shape index (κ3) is 7.76. The summed E-state index contributed by atoms with van der Waals surface area (Å²) in [6, 6.07) is 17.2. The smallest absolute Gasteiger partial charge is 0.211 e. The van der Waals surface area contributed by atoms with Gasteiger partial charge in [-0.25, -0.2) is 4.70 Å². The Hall–Kier alpha value is -2.48. The molecule has 0 fully saturated rings. The molecule has 3 rings (SSSR count). The number of rotatable bonds is 16. The fraction of sp³-hybridized carbons (Fsp3) is 0.529. The minimum atomic E-state index is 0.991. The number of hydrogen-bond acceptors (Lipinski definition) is 0. The van der Waals surface area contributed by atoms with Crippen molar-refractivity contribution in [2.24, 2.45) is 0 Å². The molecule has 0 amide bonds. The molecule has 2 aromatic carbocycles.